The minimum atomic E-state index is -0.435. The molecule has 1 saturated heterocycles. The monoisotopic (exact) mass is 656 g/mol. The largest absolute Gasteiger partial charge is 0.493 e. The molecule has 0 aromatic heterocycles. The van der Waals surface area contributed by atoms with Crippen LogP contribution in [-0.4, -0.2) is 67.4 Å². The van der Waals surface area contributed by atoms with Crippen molar-refractivity contribution in [1.29, 1.82) is 0 Å². The standard InChI is InChI=1S/C39H52N4O5/c1-3-4-12-24-43(40-29-30-19-20-36(46-2)37(28-30)47-32-15-8-9-16-32)38(44)23-27-42-25-21-33(22-26-42)48-39(45)41-35-18-11-10-17-34(35)31-13-6-5-7-14-31/h5-7,10-11,13-14,17-20,28,32-33,40H,3-4,8-9,12,15-16,21-27,29H2,1-2H3,(H,41,45). The number of benzene rings is 3. The predicted molar refractivity (Wildman–Crippen MR) is 190 cm³/mol. The van der Waals surface area contributed by atoms with Gasteiger partial charge in [0.05, 0.1) is 18.9 Å². The van der Waals surface area contributed by atoms with E-state index in [-0.39, 0.29) is 18.1 Å². The van der Waals surface area contributed by atoms with E-state index in [0.717, 1.165) is 91.9 Å². The van der Waals surface area contributed by atoms with Crippen LogP contribution >= 0.6 is 0 Å². The van der Waals surface area contributed by atoms with Crippen molar-refractivity contribution in [2.75, 3.05) is 38.6 Å². The van der Waals surface area contributed by atoms with Gasteiger partial charge in [-0.3, -0.25) is 15.1 Å². The fourth-order valence-electron chi connectivity index (χ4n) is 6.50. The van der Waals surface area contributed by atoms with E-state index in [0.29, 0.717) is 26.1 Å². The summed E-state index contributed by atoms with van der Waals surface area (Å²) in [6.45, 7) is 5.62. The second-order valence-electron chi connectivity index (χ2n) is 12.8. The van der Waals surface area contributed by atoms with Gasteiger partial charge in [-0.2, -0.15) is 0 Å². The lowest BCUT2D eigenvalue weighted by Gasteiger charge is -2.32. The normalized spacial score (nSPS) is 15.6. The van der Waals surface area contributed by atoms with Crippen molar-refractivity contribution >= 4 is 17.7 Å². The first-order chi connectivity index (χ1) is 23.5. The number of hydrogen-bond acceptors (Lipinski definition) is 7. The Balaban J connectivity index is 1.07. The lowest BCUT2D eigenvalue weighted by molar-refractivity contribution is -0.135. The molecule has 0 spiro atoms. The van der Waals surface area contributed by atoms with E-state index in [2.05, 4.69) is 22.6 Å². The Bertz CT molecular complexity index is 1440. The van der Waals surface area contributed by atoms with Gasteiger partial charge in [-0.1, -0.05) is 74.4 Å². The molecule has 1 heterocycles. The average molecular weight is 657 g/mol. The summed E-state index contributed by atoms with van der Waals surface area (Å²) in [5.41, 5.74) is 7.17. The summed E-state index contributed by atoms with van der Waals surface area (Å²) in [4.78, 5) is 28.5. The number of anilines is 1. The zero-order valence-corrected chi connectivity index (χ0v) is 28.6. The Hall–Kier alpha value is -4.08. The fraction of sp³-hybridized carbons (Fsp3) is 0.487. The topological polar surface area (TPSA) is 92.4 Å². The van der Waals surface area contributed by atoms with Gasteiger partial charge < -0.3 is 19.1 Å². The van der Waals surface area contributed by atoms with Crippen LogP contribution in [0.2, 0.25) is 0 Å². The number of nitrogens with zero attached hydrogens (tertiary/aromatic N) is 2. The molecule has 9 nitrogen and oxygen atoms in total. The Kier molecular flexibility index (Phi) is 13.5. The molecule has 2 aliphatic rings. The molecule has 2 amide bonds. The minimum Gasteiger partial charge on any atom is -0.493 e. The average Bonchev–Trinajstić information content (AvgIpc) is 3.63. The molecule has 48 heavy (non-hydrogen) atoms. The number of hydrogen-bond donors (Lipinski definition) is 2. The molecule has 3 aromatic rings. The number of piperidine rings is 1. The number of nitrogens with one attached hydrogen (secondary N) is 2. The van der Waals surface area contributed by atoms with E-state index in [9.17, 15) is 9.59 Å². The molecule has 1 aliphatic carbocycles. The van der Waals surface area contributed by atoms with Gasteiger partial charge in [0.25, 0.3) is 0 Å². The maximum absolute atomic E-state index is 13.4. The number of ether oxygens (including phenoxy) is 3. The summed E-state index contributed by atoms with van der Waals surface area (Å²) in [7, 11) is 1.67. The highest BCUT2D eigenvalue weighted by atomic mass is 16.6. The zero-order valence-electron chi connectivity index (χ0n) is 28.6. The number of likely N-dealkylation sites (tertiary alicyclic amines) is 1. The molecule has 258 valence electrons. The Labute approximate surface area is 285 Å². The molecule has 2 N–H and O–H groups in total. The second-order valence-corrected chi connectivity index (χ2v) is 12.8. The molecule has 0 bridgehead atoms. The van der Waals surface area contributed by atoms with Crippen molar-refractivity contribution in [3.05, 3.63) is 78.4 Å². The number of para-hydroxylation sites is 1. The second kappa shape index (κ2) is 18.5. The molecule has 0 radical (unpaired) electrons. The SMILES string of the molecule is CCCCCN(NCc1ccc(OC)c(OC2CCCC2)c1)C(=O)CCN1CCC(OC(=O)Nc2ccccc2-c2ccccc2)CC1. The number of amides is 2. The third-order valence-corrected chi connectivity index (χ3v) is 9.28. The Morgan fingerprint density at radius 3 is 2.38 bits per heavy atom. The van der Waals surface area contributed by atoms with Crippen LogP contribution in [0.3, 0.4) is 0 Å². The quantitative estimate of drug-likeness (QED) is 0.120. The summed E-state index contributed by atoms with van der Waals surface area (Å²) in [6.07, 6.45) is 9.25. The summed E-state index contributed by atoms with van der Waals surface area (Å²) < 4.78 is 17.6. The molecule has 0 atom stereocenters. The van der Waals surface area contributed by atoms with Crippen LogP contribution in [0.15, 0.2) is 72.8 Å². The summed E-state index contributed by atoms with van der Waals surface area (Å²) >= 11 is 0. The highest BCUT2D eigenvalue weighted by Crippen LogP contribution is 2.33. The summed E-state index contributed by atoms with van der Waals surface area (Å²) in [6, 6.07) is 23.8. The Morgan fingerprint density at radius 1 is 0.875 bits per heavy atom. The van der Waals surface area contributed by atoms with Crippen molar-refractivity contribution in [2.45, 2.75) is 89.9 Å². The van der Waals surface area contributed by atoms with Crippen molar-refractivity contribution in [1.82, 2.24) is 15.3 Å². The number of methoxy groups -OCH3 is 1. The minimum absolute atomic E-state index is 0.0943. The van der Waals surface area contributed by atoms with E-state index < -0.39 is 6.09 Å². The zero-order chi connectivity index (χ0) is 33.6. The molecule has 9 heteroatoms. The molecule has 3 aromatic carbocycles. The van der Waals surface area contributed by atoms with Crippen LogP contribution < -0.4 is 20.2 Å². The number of carbonyl (C=O) groups excluding carboxylic acids is 2. The lowest BCUT2D eigenvalue weighted by atomic mass is 10.0. The molecule has 0 unspecified atom stereocenters. The third kappa shape index (κ3) is 10.5. The van der Waals surface area contributed by atoms with Gasteiger partial charge in [0, 0.05) is 44.7 Å². The van der Waals surface area contributed by atoms with E-state index >= 15 is 0 Å². The molecule has 1 saturated carbocycles. The number of carbonyl (C=O) groups is 2. The Morgan fingerprint density at radius 2 is 1.62 bits per heavy atom. The maximum atomic E-state index is 13.4. The molecule has 1 aliphatic heterocycles. The number of hydrazine groups is 1. The lowest BCUT2D eigenvalue weighted by Crippen LogP contribution is -2.45. The van der Waals surface area contributed by atoms with E-state index in [4.69, 9.17) is 14.2 Å². The van der Waals surface area contributed by atoms with Gasteiger partial charge >= 0.3 is 6.09 Å². The van der Waals surface area contributed by atoms with Gasteiger partial charge in [-0.15, -0.1) is 0 Å². The van der Waals surface area contributed by atoms with Crippen LogP contribution in [0.1, 0.15) is 76.7 Å². The van der Waals surface area contributed by atoms with Gasteiger partial charge in [-0.25, -0.2) is 10.2 Å². The van der Waals surface area contributed by atoms with Gasteiger partial charge in [0.2, 0.25) is 5.91 Å². The molecule has 2 fully saturated rings. The fourth-order valence-corrected chi connectivity index (χ4v) is 6.50. The van der Waals surface area contributed by atoms with Crippen LogP contribution in [-0.2, 0) is 16.1 Å². The molecular weight excluding hydrogens is 604 g/mol. The van der Waals surface area contributed by atoms with Crippen LogP contribution in [0.5, 0.6) is 11.5 Å². The maximum Gasteiger partial charge on any atom is 0.411 e. The van der Waals surface area contributed by atoms with Crippen molar-refractivity contribution in [2.24, 2.45) is 0 Å². The highest BCUT2D eigenvalue weighted by molar-refractivity contribution is 5.91. The van der Waals surface area contributed by atoms with E-state index in [1.165, 1.54) is 12.8 Å². The third-order valence-electron chi connectivity index (χ3n) is 9.28. The number of unbranched alkanes of at least 4 members (excludes halogenated alkanes) is 2. The highest BCUT2D eigenvalue weighted by Gasteiger charge is 2.24. The number of rotatable bonds is 16. The first-order valence-electron chi connectivity index (χ1n) is 17.7. The molecule has 5 rings (SSSR count). The first-order valence-corrected chi connectivity index (χ1v) is 17.7. The van der Waals surface area contributed by atoms with E-state index in [1.54, 1.807) is 12.1 Å². The smallest absolute Gasteiger partial charge is 0.411 e. The van der Waals surface area contributed by atoms with Crippen molar-refractivity contribution in [3.63, 3.8) is 0 Å². The van der Waals surface area contributed by atoms with E-state index in [1.807, 2.05) is 72.8 Å². The summed E-state index contributed by atoms with van der Waals surface area (Å²) in [5, 5.41) is 4.74. The van der Waals surface area contributed by atoms with Crippen LogP contribution in [0.25, 0.3) is 11.1 Å². The van der Waals surface area contributed by atoms with Crippen molar-refractivity contribution in [3.8, 4) is 22.6 Å². The predicted octanol–water partition coefficient (Wildman–Crippen LogP) is 7.81. The van der Waals surface area contributed by atoms with Crippen LogP contribution in [0.4, 0.5) is 10.5 Å². The van der Waals surface area contributed by atoms with Gasteiger partial charge in [-0.05, 0) is 74.3 Å². The first kappa shape index (κ1) is 35.2. The molecular formula is C39H52N4O5. The van der Waals surface area contributed by atoms with Crippen LogP contribution in [0, 0.1) is 0 Å². The van der Waals surface area contributed by atoms with Crippen molar-refractivity contribution < 1.29 is 23.8 Å². The van der Waals surface area contributed by atoms with Gasteiger partial charge in [0.1, 0.15) is 6.10 Å². The van der Waals surface area contributed by atoms with Gasteiger partial charge in [0.15, 0.2) is 11.5 Å². The summed E-state index contributed by atoms with van der Waals surface area (Å²) in [5.74, 6) is 1.61.